The minimum Gasteiger partial charge on any atom is -0.314 e. The van der Waals surface area contributed by atoms with Crippen LogP contribution >= 0.6 is 27.3 Å². The predicted octanol–water partition coefficient (Wildman–Crippen LogP) is 4.37. The molecule has 0 aliphatic carbocycles. The molecule has 1 heterocycles. The van der Waals surface area contributed by atoms with Gasteiger partial charge in [-0.1, -0.05) is 6.92 Å². The van der Waals surface area contributed by atoms with E-state index in [-0.39, 0.29) is 12.5 Å². The van der Waals surface area contributed by atoms with Gasteiger partial charge in [0.1, 0.15) is 0 Å². The first kappa shape index (κ1) is 15.0. The van der Waals surface area contributed by atoms with E-state index in [4.69, 9.17) is 0 Å². The van der Waals surface area contributed by atoms with E-state index in [2.05, 4.69) is 21.2 Å². The monoisotopic (exact) mass is 329 g/mol. The minimum atomic E-state index is -4.07. The first-order valence-electron chi connectivity index (χ1n) is 5.45. The minimum absolute atomic E-state index is 0.104. The molecule has 0 bridgehead atoms. The van der Waals surface area contributed by atoms with Crippen molar-refractivity contribution in [2.24, 2.45) is 0 Å². The quantitative estimate of drug-likeness (QED) is 0.816. The lowest BCUT2D eigenvalue weighted by Crippen LogP contribution is -2.32. The first-order chi connectivity index (χ1) is 7.90. The van der Waals surface area contributed by atoms with Gasteiger partial charge < -0.3 is 5.32 Å². The Labute approximate surface area is 112 Å². The Morgan fingerprint density at radius 1 is 1.41 bits per heavy atom. The Bertz CT molecular complexity index is 338. The number of hydrogen-bond donors (Lipinski definition) is 1. The second kappa shape index (κ2) is 6.75. The van der Waals surface area contributed by atoms with Crippen molar-refractivity contribution in [3.8, 4) is 0 Å². The van der Waals surface area contributed by atoms with Gasteiger partial charge >= 0.3 is 6.18 Å². The maximum absolute atomic E-state index is 12.2. The molecule has 1 N–H and O–H groups in total. The molecule has 1 unspecified atom stereocenters. The van der Waals surface area contributed by atoms with E-state index < -0.39 is 12.6 Å². The maximum Gasteiger partial charge on any atom is 0.389 e. The molecule has 0 aliphatic heterocycles. The van der Waals surface area contributed by atoms with Crippen molar-refractivity contribution in [3.63, 3.8) is 0 Å². The second-order valence-corrected chi connectivity index (χ2v) is 6.37. The fourth-order valence-electron chi connectivity index (χ4n) is 1.61. The average molecular weight is 330 g/mol. The van der Waals surface area contributed by atoms with Crippen LogP contribution in [0.5, 0.6) is 0 Å². The Balaban J connectivity index is 2.48. The standard InChI is InChI=1S/C11H15BrF3NS/c1-2-16-8(5-6-11(13,14)15)7-9-3-4-10(12)17-9/h3-4,8,16H,2,5-7H2,1H3. The molecule has 1 aromatic heterocycles. The zero-order valence-electron chi connectivity index (χ0n) is 9.48. The third-order valence-electron chi connectivity index (χ3n) is 2.35. The number of thiophene rings is 1. The van der Waals surface area contributed by atoms with Gasteiger partial charge in [-0.25, -0.2) is 0 Å². The zero-order valence-corrected chi connectivity index (χ0v) is 11.9. The summed E-state index contributed by atoms with van der Waals surface area (Å²) in [5, 5.41) is 3.10. The molecule has 0 spiro atoms. The molecule has 17 heavy (non-hydrogen) atoms. The molecule has 1 nitrogen and oxygen atoms in total. The van der Waals surface area contributed by atoms with Crippen LogP contribution in [0.25, 0.3) is 0 Å². The molecular formula is C11H15BrF3NS. The van der Waals surface area contributed by atoms with Crippen molar-refractivity contribution < 1.29 is 13.2 Å². The maximum atomic E-state index is 12.2. The smallest absolute Gasteiger partial charge is 0.314 e. The number of rotatable bonds is 6. The summed E-state index contributed by atoms with van der Waals surface area (Å²) >= 11 is 4.92. The highest BCUT2D eigenvalue weighted by atomic mass is 79.9. The summed E-state index contributed by atoms with van der Waals surface area (Å²) in [6, 6.07) is 3.77. The summed E-state index contributed by atoms with van der Waals surface area (Å²) in [5.74, 6) is 0. The Morgan fingerprint density at radius 3 is 2.59 bits per heavy atom. The van der Waals surface area contributed by atoms with Crippen LogP contribution in [0.2, 0.25) is 0 Å². The highest BCUT2D eigenvalue weighted by molar-refractivity contribution is 9.11. The van der Waals surface area contributed by atoms with Crippen molar-refractivity contribution >= 4 is 27.3 Å². The Morgan fingerprint density at radius 2 is 2.12 bits per heavy atom. The van der Waals surface area contributed by atoms with Gasteiger partial charge in [0.05, 0.1) is 3.79 Å². The van der Waals surface area contributed by atoms with Gasteiger partial charge in [-0.15, -0.1) is 11.3 Å². The normalized spacial score (nSPS) is 13.9. The summed E-state index contributed by atoms with van der Waals surface area (Å²) in [5.41, 5.74) is 0. The topological polar surface area (TPSA) is 12.0 Å². The molecule has 0 aliphatic rings. The van der Waals surface area contributed by atoms with E-state index in [0.717, 1.165) is 8.66 Å². The van der Waals surface area contributed by atoms with Crippen LogP contribution in [0.4, 0.5) is 13.2 Å². The SMILES string of the molecule is CCNC(CCC(F)(F)F)Cc1ccc(Br)s1. The van der Waals surface area contributed by atoms with E-state index in [1.165, 1.54) is 0 Å². The van der Waals surface area contributed by atoms with E-state index in [1.807, 2.05) is 19.1 Å². The average Bonchev–Trinajstić information content (AvgIpc) is 2.60. The number of likely N-dealkylation sites (N-methyl/N-ethyl adjacent to an activating group) is 1. The fourth-order valence-corrected chi connectivity index (χ4v) is 3.17. The molecule has 0 radical (unpaired) electrons. The van der Waals surface area contributed by atoms with Crippen molar-refractivity contribution in [1.29, 1.82) is 0 Å². The van der Waals surface area contributed by atoms with Gasteiger partial charge in [0.15, 0.2) is 0 Å². The van der Waals surface area contributed by atoms with Gasteiger partial charge in [0, 0.05) is 17.3 Å². The molecule has 0 saturated heterocycles. The van der Waals surface area contributed by atoms with Gasteiger partial charge in [0.2, 0.25) is 0 Å². The van der Waals surface area contributed by atoms with Crippen molar-refractivity contribution in [2.75, 3.05) is 6.54 Å². The molecule has 1 rings (SSSR count). The van der Waals surface area contributed by atoms with E-state index in [1.54, 1.807) is 11.3 Å². The number of halogens is 4. The third-order valence-corrected chi connectivity index (χ3v) is 3.99. The van der Waals surface area contributed by atoms with E-state index >= 15 is 0 Å². The van der Waals surface area contributed by atoms with Crippen LogP contribution in [-0.4, -0.2) is 18.8 Å². The number of nitrogens with one attached hydrogen (secondary N) is 1. The highest BCUT2D eigenvalue weighted by Gasteiger charge is 2.28. The summed E-state index contributed by atoms with van der Waals surface area (Å²) < 4.78 is 37.5. The predicted molar refractivity (Wildman–Crippen MR) is 68.5 cm³/mol. The molecule has 98 valence electrons. The van der Waals surface area contributed by atoms with E-state index in [0.29, 0.717) is 13.0 Å². The van der Waals surface area contributed by atoms with Gasteiger partial charge in [-0.2, -0.15) is 13.2 Å². The lowest BCUT2D eigenvalue weighted by molar-refractivity contribution is -0.136. The summed E-state index contributed by atoms with van der Waals surface area (Å²) in [6.45, 7) is 2.60. The summed E-state index contributed by atoms with van der Waals surface area (Å²) in [7, 11) is 0. The van der Waals surface area contributed by atoms with Gasteiger partial charge in [0.25, 0.3) is 0 Å². The van der Waals surface area contributed by atoms with Crippen molar-refractivity contribution in [2.45, 2.75) is 38.4 Å². The molecule has 6 heteroatoms. The number of hydrogen-bond acceptors (Lipinski definition) is 2. The van der Waals surface area contributed by atoms with Crippen LogP contribution in [0.3, 0.4) is 0 Å². The van der Waals surface area contributed by atoms with Crippen LogP contribution in [0.1, 0.15) is 24.6 Å². The molecule has 0 fully saturated rings. The van der Waals surface area contributed by atoms with E-state index in [9.17, 15) is 13.2 Å². The van der Waals surface area contributed by atoms with Crippen LogP contribution < -0.4 is 5.32 Å². The number of alkyl halides is 3. The molecule has 1 atom stereocenters. The van der Waals surface area contributed by atoms with Crippen molar-refractivity contribution in [3.05, 3.63) is 20.8 Å². The molecule has 0 saturated carbocycles. The Kier molecular flexibility index (Phi) is 5.95. The van der Waals surface area contributed by atoms with Crippen LogP contribution in [-0.2, 0) is 6.42 Å². The summed E-state index contributed by atoms with van der Waals surface area (Å²) in [6.07, 6.45) is -4.01. The second-order valence-electron chi connectivity index (χ2n) is 3.82. The van der Waals surface area contributed by atoms with Crippen molar-refractivity contribution in [1.82, 2.24) is 5.32 Å². The highest BCUT2D eigenvalue weighted by Crippen LogP contribution is 2.26. The first-order valence-corrected chi connectivity index (χ1v) is 7.06. The summed E-state index contributed by atoms with van der Waals surface area (Å²) in [4.78, 5) is 1.10. The van der Waals surface area contributed by atoms with Gasteiger partial charge in [-0.05, 0) is 47.4 Å². The van der Waals surface area contributed by atoms with Crippen LogP contribution in [0, 0.1) is 0 Å². The zero-order chi connectivity index (χ0) is 12.9. The van der Waals surface area contributed by atoms with Gasteiger partial charge in [-0.3, -0.25) is 0 Å². The molecule has 0 amide bonds. The molecule has 0 aromatic carbocycles. The largest absolute Gasteiger partial charge is 0.389 e. The molecular weight excluding hydrogens is 315 g/mol. The Hall–Kier alpha value is -0.0700. The third kappa shape index (κ3) is 6.43. The molecule has 1 aromatic rings. The lowest BCUT2D eigenvalue weighted by Gasteiger charge is -2.17. The fraction of sp³-hybridized carbons (Fsp3) is 0.636. The lowest BCUT2D eigenvalue weighted by atomic mass is 10.1. The van der Waals surface area contributed by atoms with Crippen LogP contribution in [0.15, 0.2) is 15.9 Å².